The van der Waals surface area contributed by atoms with Gasteiger partial charge in [-0.05, 0) is 22.3 Å². The first-order valence-corrected chi connectivity index (χ1v) is 14.7. The molecule has 0 spiro atoms. The number of ether oxygens (including phenoxy) is 6. The molecule has 1 aliphatic heterocycles. The van der Waals surface area contributed by atoms with Crippen molar-refractivity contribution in [1.82, 2.24) is 0 Å². The Morgan fingerprint density at radius 2 is 0.953 bits per heavy atom. The zero-order chi connectivity index (χ0) is 29.7. The zero-order valence-electron chi connectivity index (χ0n) is 24.4. The lowest BCUT2D eigenvalue weighted by Gasteiger charge is -2.46. The zero-order valence-corrected chi connectivity index (χ0v) is 24.4. The molecule has 0 saturated carbocycles. The Labute approximate surface area is 253 Å². The van der Waals surface area contributed by atoms with Crippen LogP contribution in [0.5, 0.6) is 0 Å². The van der Waals surface area contributed by atoms with Crippen molar-refractivity contribution in [2.75, 3.05) is 13.7 Å². The smallest absolute Gasteiger partial charge is 0.186 e. The Hall–Kier alpha value is -3.40. The molecule has 0 amide bonds. The quantitative estimate of drug-likeness (QED) is 0.192. The van der Waals surface area contributed by atoms with Crippen molar-refractivity contribution in [2.24, 2.45) is 0 Å². The van der Waals surface area contributed by atoms with E-state index >= 15 is 0 Å². The van der Waals surface area contributed by atoms with E-state index in [0.29, 0.717) is 26.4 Å². The SMILES string of the molecule is CO[C@H]1O[C@H]([C@@H](O)COCc2ccccc2)[C@@H](OCc2ccccc2)[C@H](OCc2ccccc2)[C@H]1OCc1ccccc1. The third kappa shape index (κ3) is 9.05. The molecule has 0 radical (unpaired) electrons. The lowest BCUT2D eigenvalue weighted by molar-refractivity contribution is -0.331. The van der Waals surface area contributed by atoms with Crippen molar-refractivity contribution in [3.8, 4) is 0 Å². The second kappa shape index (κ2) is 16.4. The Morgan fingerprint density at radius 3 is 1.40 bits per heavy atom. The molecular formula is C36H40O7. The average molecular weight is 585 g/mol. The normalized spacial score (nSPS) is 22.7. The van der Waals surface area contributed by atoms with Gasteiger partial charge in [0, 0.05) is 7.11 Å². The standard InChI is InChI=1S/C36H40O7/c1-38-36-35(42-25-30-20-12-5-13-21-30)34(41-24-29-18-10-4-11-19-29)33(40-23-28-16-8-3-9-17-28)32(43-36)31(37)26-39-22-27-14-6-2-7-15-27/h2-21,31-37H,22-26H2,1H3/t31-,32+,33+,34-,35+,36-/m0/s1. The van der Waals surface area contributed by atoms with E-state index in [0.717, 1.165) is 22.3 Å². The first-order chi connectivity index (χ1) is 21.2. The maximum absolute atomic E-state index is 11.4. The van der Waals surface area contributed by atoms with E-state index in [1.165, 1.54) is 0 Å². The van der Waals surface area contributed by atoms with Crippen LogP contribution in [0, 0.1) is 0 Å². The number of hydrogen-bond acceptors (Lipinski definition) is 7. The summed E-state index contributed by atoms with van der Waals surface area (Å²) >= 11 is 0. The average Bonchev–Trinajstić information content (AvgIpc) is 3.07. The van der Waals surface area contributed by atoms with E-state index < -0.39 is 36.8 Å². The highest BCUT2D eigenvalue weighted by atomic mass is 16.7. The summed E-state index contributed by atoms with van der Waals surface area (Å²) in [5.41, 5.74) is 4.03. The number of benzene rings is 4. The Balaban J connectivity index is 1.39. The molecule has 4 aromatic rings. The lowest BCUT2D eigenvalue weighted by Crippen LogP contribution is -2.63. The summed E-state index contributed by atoms with van der Waals surface area (Å²) in [6, 6.07) is 39.6. The maximum Gasteiger partial charge on any atom is 0.186 e. The van der Waals surface area contributed by atoms with Gasteiger partial charge in [0.2, 0.25) is 0 Å². The highest BCUT2D eigenvalue weighted by molar-refractivity contribution is 5.16. The fourth-order valence-corrected chi connectivity index (χ4v) is 5.16. The first-order valence-electron chi connectivity index (χ1n) is 14.7. The van der Waals surface area contributed by atoms with Crippen LogP contribution in [-0.4, -0.2) is 55.6 Å². The molecule has 7 heteroatoms. The number of aliphatic hydroxyl groups excluding tert-OH is 1. The molecule has 0 bridgehead atoms. The van der Waals surface area contributed by atoms with Crippen molar-refractivity contribution >= 4 is 0 Å². The van der Waals surface area contributed by atoms with Crippen LogP contribution in [0.15, 0.2) is 121 Å². The molecule has 4 aromatic carbocycles. The monoisotopic (exact) mass is 584 g/mol. The first kappa shape index (κ1) is 31.0. The molecule has 1 N–H and O–H groups in total. The molecule has 43 heavy (non-hydrogen) atoms. The fraction of sp³-hybridized carbons (Fsp3) is 0.333. The van der Waals surface area contributed by atoms with Crippen LogP contribution in [0.3, 0.4) is 0 Å². The Morgan fingerprint density at radius 1 is 0.558 bits per heavy atom. The summed E-state index contributed by atoms with van der Waals surface area (Å²) in [6.45, 7) is 1.37. The van der Waals surface area contributed by atoms with Crippen LogP contribution in [-0.2, 0) is 54.8 Å². The van der Waals surface area contributed by atoms with E-state index in [9.17, 15) is 5.11 Å². The predicted molar refractivity (Wildman–Crippen MR) is 163 cm³/mol. The van der Waals surface area contributed by atoms with Gasteiger partial charge >= 0.3 is 0 Å². The molecule has 6 atom stereocenters. The Kier molecular flexibility index (Phi) is 11.9. The van der Waals surface area contributed by atoms with Crippen molar-refractivity contribution in [2.45, 2.75) is 63.2 Å². The van der Waals surface area contributed by atoms with Gasteiger partial charge in [-0.3, -0.25) is 0 Å². The van der Waals surface area contributed by atoms with Gasteiger partial charge in [-0.15, -0.1) is 0 Å². The largest absolute Gasteiger partial charge is 0.388 e. The van der Waals surface area contributed by atoms with Crippen LogP contribution >= 0.6 is 0 Å². The second-order valence-electron chi connectivity index (χ2n) is 10.6. The predicted octanol–water partition coefficient (Wildman–Crippen LogP) is 5.69. The van der Waals surface area contributed by atoms with Crippen molar-refractivity contribution in [3.63, 3.8) is 0 Å². The molecule has 1 fully saturated rings. The van der Waals surface area contributed by atoms with E-state index in [-0.39, 0.29) is 6.61 Å². The number of methoxy groups -OCH3 is 1. The second-order valence-corrected chi connectivity index (χ2v) is 10.6. The molecule has 5 rings (SSSR count). The maximum atomic E-state index is 11.4. The summed E-state index contributed by atoms with van der Waals surface area (Å²) in [5, 5.41) is 11.4. The minimum atomic E-state index is -1.01. The molecule has 226 valence electrons. The van der Waals surface area contributed by atoms with E-state index in [2.05, 4.69) is 0 Å². The highest BCUT2D eigenvalue weighted by Gasteiger charge is 2.51. The summed E-state index contributed by atoms with van der Waals surface area (Å²) < 4.78 is 37.7. The van der Waals surface area contributed by atoms with E-state index in [1.54, 1.807) is 7.11 Å². The van der Waals surface area contributed by atoms with Crippen molar-refractivity contribution < 1.29 is 33.5 Å². The van der Waals surface area contributed by atoms with Crippen LogP contribution in [0.1, 0.15) is 22.3 Å². The van der Waals surface area contributed by atoms with Gasteiger partial charge in [0.1, 0.15) is 30.5 Å². The van der Waals surface area contributed by atoms with E-state index in [4.69, 9.17) is 28.4 Å². The van der Waals surface area contributed by atoms with Crippen molar-refractivity contribution in [1.29, 1.82) is 0 Å². The number of hydrogen-bond donors (Lipinski definition) is 1. The lowest BCUT2D eigenvalue weighted by atomic mass is 9.94. The molecule has 1 saturated heterocycles. The topological polar surface area (TPSA) is 75.6 Å². The fourth-order valence-electron chi connectivity index (χ4n) is 5.16. The van der Waals surface area contributed by atoms with Crippen LogP contribution < -0.4 is 0 Å². The van der Waals surface area contributed by atoms with Crippen LogP contribution in [0.25, 0.3) is 0 Å². The van der Waals surface area contributed by atoms with Gasteiger partial charge in [-0.1, -0.05) is 121 Å². The summed E-state index contributed by atoms with van der Waals surface area (Å²) in [4.78, 5) is 0. The Bertz CT molecular complexity index is 1310. The van der Waals surface area contributed by atoms with Gasteiger partial charge in [-0.2, -0.15) is 0 Å². The third-order valence-electron chi connectivity index (χ3n) is 7.40. The number of aliphatic hydroxyl groups is 1. The van der Waals surface area contributed by atoms with Gasteiger partial charge in [0.25, 0.3) is 0 Å². The van der Waals surface area contributed by atoms with Gasteiger partial charge < -0.3 is 33.5 Å². The molecule has 0 unspecified atom stereocenters. The van der Waals surface area contributed by atoms with E-state index in [1.807, 2.05) is 121 Å². The molecule has 0 aromatic heterocycles. The minimum absolute atomic E-state index is 0.0438. The van der Waals surface area contributed by atoms with Gasteiger partial charge in [0.05, 0.1) is 33.0 Å². The summed E-state index contributed by atoms with van der Waals surface area (Å²) in [5.74, 6) is 0. The molecule has 1 heterocycles. The van der Waals surface area contributed by atoms with Gasteiger partial charge in [-0.25, -0.2) is 0 Å². The van der Waals surface area contributed by atoms with Crippen molar-refractivity contribution in [3.05, 3.63) is 144 Å². The summed E-state index contributed by atoms with van der Waals surface area (Å²) in [6.07, 6.45) is -4.58. The van der Waals surface area contributed by atoms with Gasteiger partial charge in [0.15, 0.2) is 6.29 Å². The molecule has 0 aliphatic carbocycles. The number of rotatable bonds is 15. The minimum Gasteiger partial charge on any atom is -0.388 e. The molecule has 7 nitrogen and oxygen atoms in total. The van der Waals surface area contributed by atoms with Crippen LogP contribution in [0.4, 0.5) is 0 Å². The molecule has 1 aliphatic rings. The summed E-state index contributed by atoms with van der Waals surface area (Å²) in [7, 11) is 1.57. The highest BCUT2D eigenvalue weighted by Crippen LogP contribution is 2.32. The van der Waals surface area contributed by atoms with Crippen LogP contribution in [0.2, 0.25) is 0 Å². The molecular weight excluding hydrogens is 544 g/mol. The third-order valence-corrected chi connectivity index (χ3v) is 7.40.